The van der Waals surface area contributed by atoms with E-state index in [1.54, 1.807) is 18.3 Å². The maximum absolute atomic E-state index is 12.0. The van der Waals surface area contributed by atoms with Crippen molar-refractivity contribution in [1.29, 1.82) is 0 Å². The lowest BCUT2D eigenvalue weighted by Crippen LogP contribution is -2.17. The van der Waals surface area contributed by atoms with E-state index in [1.807, 2.05) is 36.4 Å². The first-order chi connectivity index (χ1) is 11.7. The van der Waals surface area contributed by atoms with Gasteiger partial charge in [-0.1, -0.05) is 53.9 Å². The molecule has 1 amide bonds. The molecule has 0 heterocycles. The Labute approximate surface area is 151 Å². The lowest BCUT2D eigenvalue weighted by molar-refractivity contribution is 0.0955. The molecule has 0 radical (unpaired) electrons. The molecule has 0 unspecified atom stereocenters. The molecule has 0 atom stereocenters. The number of rotatable bonds is 8. The third-order valence-corrected chi connectivity index (χ3v) is 3.87. The molecule has 0 saturated carbocycles. The Morgan fingerprint density at radius 2 is 2.04 bits per heavy atom. The number of carbonyl (C=O) groups is 1. The topological polar surface area (TPSA) is 50.7 Å². The van der Waals surface area contributed by atoms with Crippen LogP contribution in [0.1, 0.15) is 42.1 Å². The van der Waals surface area contributed by atoms with Gasteiger partial charge in [-0.05, 0) is 36.8 Å². The monoisotopic (exact) mass is 388 g/mol. The number of nitrogens with one attached hydrogen (secondary N) is 1. The fraction of sp³-hybridized carbons (Fsp3) is 0.263. The number of hydrogen-bond acceptors (Lipinski definition) is 3. The van der Waals surface area contributed by atoms with Crippen molar-refractivity contribution < 1.29 is 9.53 Å². The smallest absolute Gasteiger partial charge is 0.271 e. The highest BCUT2D eigenvalue weighted by atomic mass is 79.9. The normalized spacial score (nSPS) is 10.8. The quantitative estimate of drug-likeness (QED) is 0.401. The standard InChI is InChI=1S/C19H21BrN2O2/c1-2-3-6-12-24-18-11-5-4-8-16(18)14-21-22-19(23)15-9-7-10-17(20)13-15/h4-5,7-11,13-14H,2-3,6,12H2,1H3,(H,22,23)/b21-14-. The van der Waals surface area contributed by atoms with Crippen LogP contribution in [0, 0.1) is 0 Å². The second-order valence-electron chi connectivity index (χ2n) is 5.30. The van der Waals surface area contributed by atoms with E-state index in [-0.39, 0.29) is 5.91 Å². The summed E-state index contributed by atoms with van der Waals surface area (Å²) in [7, 11) is 0. The van der Waals surface area contributed by atoms with E-state index in [1.165, 1.54) is 0 Å². The first-order valence-electron chi connectivity index (χ1n) is 8.01. The third kappa shape index (κ3) is 5.81. The van der Waals surface area contributed by atoms with Crippen LogP contribution in [0.5, 0.6) is 5.75 Å². The van der Waals surface area contributed by atoms with Gasteiger partial charge in [-0.15, -0.1) is 0 Å². The van der Waals surface area contributed by atoms with Crippen molar-refractivity contribution in [1.82, 2.24) is 5.43 Å². The number of hydrazone groups is 1. The van der Waals surface area contributed by atoms with Crippen LogP contribution in [0.4, 0.5) is 0 Å². The molecular weight excluding hydrogens is 368 g/mol. The van der Waals surface area contributed by atoms with Crippen LogP contribution in [-0.4, -0.2) is 18.7 Å². The molecule has 24 heavy (non-hydrogen) atoms. The van der Waals surface area contributed by atoms with Crippen molar-refractivity contribution in [2.24, 2.45) is 5.10 Å². The average Bonchev–Trinajstić information content (AvgIpc) is 2.60. The van der Waals surface area contributed by atoms with E-state index in [2.05, 4.69) is 33.4 Å². The molecule has 0 spiro atoms. The van der Waals surface area contributed by atoms with Crippen LogP contribution in [-0.2, 0) is 0 Å². The van der Waals surface area contributed by atoms with Crippen LogP contribution in [0.3, 0.4) is 0 Å². The number of halogens is 1. The van der Waals surface area contributed by atoms with E-state index in [0.717, 1.165) is 35.0 Å². The Hall–Kier alpha value is -2.14. The number of carbonyl (C=O) groups excluding carboxylic acids is 1. The summed E-state index contributed by atoms with van der Waals surface area (Å²) in [5.41, 5.74) is 3.92. The minimum Gasteiger partial charge on any atom is -0.493 e. The number of ether oxygens (including phenoxy) is 1. The van der Waals surface area contributed by atoms with Crippen LogP contribution in [0.15, 0.2) is 58.1 Å². The van der Waals surface area contributed by atoms with Crippen LogP contribution in [0.2, 0.25) is 0 Å². The van der Waals surface area contributed by atoms with Gasteiger partial charge in [0.15, 0.2) is 0 Å². The molecule has 2 rings (SSSR count). The Morgan fingerprint density at radius 3 is 2.83 bits per heavy atom. The summed E-state index contributed by atoms with van der Waals surface area (Å²) >= 11 is 3.34. The highest BCUT2D eigenvalue weighted by Crippen LogP contribution is 2.16. The predicted octanol–water partition coefficient (Wildman–Crippen LogP) is 4.78. The van der Waals surface area contributed by atoms with Gasteiger partial charge in [0.2, 0.25) is 0 Å². The van der Waals surface area contributed by atoms with E-state index in [0.29, 0.717) is 12.2 Å². The van der Waals surface area contributed by atoms with Gasteiger partial charge in [0, 0.05) is 15.6 Å². The molecule has 0 saturated heterocycles. The molecular formula is C19H21BrN2O2. The summed E-state index contributed by atoms with van der Waals surface area (Å²) in [5, 5.41) is 4.03. The fourth-order valence-corrected chi connectivity index (χ4v) is 2.51. The molecule has 0 aliphatic rings. The van der Waals surface area contributed by atoms with Crippen molar-refractivity contribution in [3.63, 3.8) is 0 Å². The minimum absolute atomic E-state index is 0.256. The maximum Gasteiger partial charge on any atom is 0.271 e. The van der Waals surface area contributed by atoms with Crippen molar-refractivity contribution in [2.45, 2.75) is 26.2 Å². The summed E-state index contributed by atoms with van der Waals surface area (Å²) in [6, 6.07) is 14.8. The average molecular weight is 389 g/mol. The molecule has 0 bridgehead atoms. The molecule has 0 fully saturated rings. The van der Waals surface area contributed by atoms with E-state index >= 15 is 0 Å². The van der Waals surface area contributed by atoms with Gasteiger partial charge in [0.05, 0.1) is 12.8 Å². The molecule has 4 nitrogen and oxygen atoms in total. The van der Waals surface area contributed by atoms with Gasteiger partial charge < -0.3 is 4.74 Å². The highest BCUT2D eigenvalue weighted by Gasteiger charge is 2.04. The number of amides is 1. The summed E-state index contributed by atoms with van der Waals surface area (Å²) in [4.78, 5) is 12.0. The van der Waals surface area contributed by atoms with Crippen LogP contribution >= 0.6 is 15.9 Å². The van der Waals surface area contributed by atoms with Crippen LogP contribution in [0.25, 0.3) is 0 Å². The highest BCUT2D eigenvalue weighted by molar-refractivity contribution is 9.10. The van der Waals surface area contributed by atoms with Crippen LogP contribution < -0.4 is 10.2 Å². The summed E-state index contributed by atoms with van der Waals surface area (Å²) in [6.07, 6.45) is 4.94. The molecule has 0 aliphatic carbocycles. The predicted molar refractivity (Wildman–Crippen MR) is 101 cm³/mol. The van der Waals surface area contributed by atoms with Crippen molar-refractivity contribution in [3.8, 4) is 5.75 Å². The lowest BCUT2D eigenvalue weighted by Gasteiger charge is -2.08. The zero-order valence-corrected chi connectivity index (χ0v) is 15.3. The molecule has 1 N–H and O–H groups in total. The molecule has 2 aromatic carbocycles. The van der Waals surface area contributed by atoms with Crippen molar-refractivity contribution >= 4 is 28.1 Å². The zero-order valence-electron chi connectivity index (χ0n) is 13.7. The van der Waals surface area contributed by atoms with E-state index in [9.17, 15) is 4.79 Å². The first-order valence-corrected chi connectivity index (χ1v) is 8.81. The summed E-state index contributed by atoms with van der Waals surface area (Å²) in [5.74, 6) is 0.517. The number of nitrogens with zero attached hydrogens (tertiary/aromatic N) is 1. The molecule has 0 aromatic heterocycles. The Kier molecular flexibility index (Phi) is 7.49. The largest absolute Gasteiger partial charge is 0.493 e. The molecule has 5 heteroatoms. The van der Waals surface area contributed by atoms with Gasteiger partial charge in [0.1, 0.15) is 5.75 Å². The number of benzene rings is 2. The number of hydrogen-bond donors (Lipinski definition) is 1. The SMILES string of the molecule is CCCCCOc1ccccc1/C=N\NC(=O)c1cccc(Br)c1. The molecule has 0 aliphatic heterocycles. The molecule has 2 aromatic rings. The zero-order chi connectivity index (χ0) is 17.2. The fourth-order valence-electron chi connectivity index (χ4n) is 2.11. The van der Waals surface area contributed by atoms with Gasteiger partial charge in [-0.3, -0.25) is 4.79 Å². The van der Waals surface area contributed by atoms with Gasteiger partial charge >= 0.3 is 0 Å². The second kappa shape index (κ2) is 9.88. The van der Waals surface area contributed by atoms with Crippen molar-refractivity contribution in [3.05, 3.63) is 64.1 Å². The van der Waals surface area contributed by atoms with E-state index in [4.69, 9.17) is 4.74 Å². The van der Waals surface area contributed by atoms with Gasteiger partial charge in [0.25, 0.3) is 5.91 Å². The summed E-state index contributed by atoms with van der Waals surface area (Å²) < 4.78 is 6.64. The van der Waals surface area contributed by atoms with Crippen molar-refractivity contribution in [2.75, 3.05) is 6.61 Å². The summed E-state index contributed by atoms with van der Waals surface area (Å²) in [6.45, 7) is 2.84. The van der Waals surface area contributed by atoms with Gasteiger partial charge in [-0.25, -0.2) is 5.43 Å². The number of para-hydroxylation sites is 1. The molecule has 126 valence electrons. The minimum atomic E-state index is -0.256. The lowest BCUT2D eigenvalue weighted by atomic mass is 10.2. The van der Waals surface area contributed by atoms with Gasteiger partial charge in [-0.2, -0.15) is 5.10 Å². The second-order valence-corrected chi connectivity index (χ2v) is 6.22. The van der Waals surface area contributed by atoms with E-state index < -0.39 is 0 Å². The Balaban J connectivity index is 1.95. The maximum atomic E-state index is 12.0. The number of unbranched alkanes of at least 4 members (excludes halogenated alkanes) is 2. The Bertz CT molecular complexity index is 701. The Morgan fingerprint density at radius 1 is 1.21 bits per heavy atom. The third-order valence-electron chi connectivity index (χ3n) is 3.38. The first kappa shape index (κ1) is 18.2.